The molecular weight excluding hydrogens is 318 g/mol. The first-order valence-corrected chi connectivity index (χ1v) is 9.01. The Morgan fingerprint density at radius 1 is 1.17 bits per heavy atom. The number of ether oxygens (including phenoxy) is 1. The molecule has 2 aromatic carbocycles. The maximum atomic E-state index is 11.9. The maximum absolute atomic E-state index is 11.9. The second-order valence-corrected chi connectivity index (χ2v) is 6.68. The molecule has 0 radical (unpaired) electrons. The van der Waals surface area contributed by atoms with Gasteiger partial charge in [-0.2, -0.15) is 0 Å². The normalized spacial score (nSPS) is 10.7. The van der Waals surface area contributed by atoms with E-state index in [1.54, 1.807) is 11.3 Å². The minimum atomic E-state index is 0.0298. The van der Waals surface area contributed by atoms with Gasteiger partial charge in [-0.05, 0) is 53.4 Å². The number of carbonyl (C=O) groups is 1. The number of hydrogen-bond acceptors (Lipinski definition) is 3. The second-order valence-electron chi connectivity index (χ2n) is 5.77. The lowest BCUT2D eigenvalue weighted by atomic mass is 10.1. The van der Waals surface area contributed by atoms with Crippen molar-refractivity contribution in [1.82, 2.24) is 5.32 Å². The van der Waals surface area contributed by atoms with E-state index in [2.05, 4.69) is 35.0 Å². The molecule has 1 N–H and O–H groups in total. The molecule has 3 nitrogen and oxygen atoms in total. The topological polar surface area (TPSA) is 38.3 Å². The van der Waals surface area contributed by atoms with E-state index >= 15 is 0 Å². The first-order chi connectivity index (χ1) is 11.7. The fraction of sp³-hybridized carbons (Fsp3) is 0.250. The lowest BCUT2D eigenvalue weighted by molar-refractivity contribution is -0.121. The van der Waals surface area contributed by atoms with Crippen LogP contribution in [-0.4, -0.2) is 19.1 Å². The molecular formula is C20H21NO2S. The van der Waals surface area contributed by atoms with Crippen molar-refractivity contribution in [3.63, 3.8) is 0 Å². The Hall–Kier alpha value is -2.33. The zero-order valence-electron chi connectivity index (χ0n) is 13.7. The van der Waals surface area contributed by atoms with Gasteiger partial charge in [-0.1, -0.05) is 30.3 Å². The molecule has 0 atom stereocenters. The Kier molecular flexibility index (Phi) is 5.49. The third-order valence-corrected chi connectivity index (χ3v) is 4.88. The second kappa shape index (κ2) is 7.97. The Morgan fingerprint density at radius 3 is 2.92 bits per heavy atom. The minimum absolute atomic E-state index is 0.0298. The van der Waals surface area contributed by atoms with Gasteiger partial charge in [0.05, 0.1) is 13.0 Å². The third-order valence-electron chi connectivity index (χ3n) is 3.87. The summed E-state index contributed by atoms with van der Waals surface area (Å²) in [6.07, 6.45) is 1.23. The minimum Gasteiger partial charge on any atom is -0.493 e. The number of thiophene rings is 1. The predicted molar refractivity (Wildman–Crippen MR) is 99.8 cm³/mol. The zero-order valence-corrected chi connectivity index (χ0v) is 14.6. The van der Waals surface area contributed by atoms with E-state index in [0.29, 0.717) is 19.6 Å². The molecule has 0 saturated heterocycles. The van der Waals surface area contributed by atoms with Crippen LogP contribution in [0.4, 0.5) is 0 Å². The molecule has 0 unspecified atom stereocenters. The van der Waals surface area contributed by atoms with Crippen molar-refractivity contribution < 1.29 is 9.53 Å². The monoisotopic (exact) mass is 339 g/mol. The van der Waals surface area contributed by atoms with E-state index in [9.17, 15) is 4.79 Å². The van der Waals surface area contributed by atoms with Crippen LogP contribution in [0.1, 0.15) is 17.5 Å². The molecule has 124 valence electrons. The van der Waals surface area contributed by atoms with Gasteiger partial charge in [-0.3, -0.25) is 4.79 Å². The number of nitrogens with one attached hydrogen (secondary N) is 1. The average molecular weight is 339 g/mol. The number of amides is 1. The standard InChI is InChI=1S/C20H21NO2S/c1-15-5-4-6-17(13-15)23-12-10-20(22)21-11-9-16-14-24-19-8-3-2-7-18(16)19/h2-8,13-14H,9-12H2,1H3,(H,21,22). The van der Waals surface area contributed by atoms with Gasteiger partial charge < -0.3 is 10.1 Å². The number of fused-ring (bicyclic) bond motifs is 1. The lowest BCUT2D eigenvalue weighted by Gasteiger charge is -2.08. The van der Waals surface area contributed by atoms with E-state index in [4.69, 9.17) is 4.74 Å². The molecule has 0 saturated carbocycles. The largest absolute Gasteiger partial charge is 0.493 e. The summed E-state index contributed by atoms with van der Waals surface area (Å²) in [7, 11) is 0. The van der Waals surface area contributed by atoms with Crippen LogP contribution >= 0.6 is 11.3 Å². The summed E-state index contributed by atoms with van der Waals surface area (Å²) in [5.74, 6) is 0.842. The highest BCUT2D eigenvalue weighted by Crippen LogP contribution is 2.25. The zero-order chi connectivity index (χ0) is 16.8. The summed E-state index contributed by atoms with van der Waals surface area (Å²) in [5.41, 5.74) is 2.45. The van der Waals surface area contributed by atoms with Crippen LogP contribution in [0, 0.1) is 6.92 Å². The van der Waals surface area contributed by atoms with Gasteiger partial charge in [0.25, 0.3) is 0 Å². The lowest BCUT2D eigenvalue weighted by Crippen LogP contribution is -2.26. The molecule has 1 aromatic heterocycles. The Balaban J connectivity index is 1.40. The molecule has 0 spiro atoms. The highest BCUT2D eigenvalue weighted by Gasteiger charge is 2.05. The van der Waals surface area contributed by atoms with Crippen LogP contribution in [0.3, 0.4) is 0 Å². The van der Waals surface area contributed by atoms with E-state index in [1.807, 2.05) is 31.2 Å². The molecule has 0 aliphatic heterocycles. The Labute approximate surface area is 146 Å². The Bertz CT molecular complexity index is 825. The van der Waals surface area contributed by atoms with Crippen LogP contribution < -0.4 is 10.1 Å². The van der Waals surface area contributed by atoms with Crippen molar-refractivity contribution in [1.29, 1.82) is 0 Å². The molecule has 4 heteroatoms. The average Bonchev–Trinajstić information content (AvgIpc) is 2.98. The SMILES string of the molecule is Cc1cccc(OCCC(=O)NCCc2csc3ccccc23)c1. The summed E-state index contributed by atoms with van der Waals surface area (Å²) in [4.78, 5) is 11.9. The number of hydrogen-bond donors (Lipinski definition) is 1. The smallest absolute Gasteiger partial charge is 0.223 e. The molecule has 0 aliphatic rings. The van der Waals surface area contributed by atoms with Gasteiger partial charge in [0.15, 0.2) is 0 Å². The fourth-order valence-corrected chi connectivity index (χ4v) is 3.62. The van der Waals surface area contributed by atoms with Crippen LogP contribution in [0.5, 0.6) is 5.75 Å². The van der Waals surface area contributed by atoms with Gasteiger partial charge in [-0.15, -0.1) is 11.3 Å². The molecule has 3 rings (SSSR count). The van der Waals surface area contributed by atoms with Gasteiger partial charge >= 0.3 is 0 Å². The summed E-state index contributed by atoms with van der Waals surface area (Å²) >= 11 is 1.75. The van der Waals surface area contributed by atoms with Gasteiger partial charge in [-0.25, -0.2) is 0 Å². The first kappa shape index (κ1) is 16.5. The number of rotatable bonds is 7. The summed E-state index contributed by atoms with van der Waals surface area (Å²) in [5, 5.41) is 6.44. The molecule has 24 heavy (non-hydrogen) atoms. The van der Waals surface area contributed by atoms with E-state index < -0.39 is 0 Å². The summed E-state index contributed by atoms with van der Waals surface area (Å²) in [6, 6.07) is 16.2. The van der Waals surface area contributed by atoms with Crippen LogP contribution in [0.2, 0.25) is 0 Å². The maximum Gasteiger partial charge on any atom is 0.223 e. The van der Waals surface area contributed by atoms with Gasteiger partial charge in [0, 0.05) is 11.2 Å². The van der Waals surface area contributed by atoms with Crippen molar-refractivity contribution in [3.8, 4) is 5.75 Å². The van der Waals surface area contributed by atoms with Crippen molar-refractivity contribution in [2.75, 3.05) is 13.2 Å². The summed E-state index contributed by atoms with van der Waals surface area (Å²) in [6.45, 7) is 3.08. The first-order valence-electron chi connectivity index (χ1n) is 8.13. The van der Waals surface area contributed by atoms with Crippen molar-refractivity contribution >= 4 is 27.3 Å². The van der Waals surface area contributed by atoms with Crippen molar-refractivity contribution in [2.24, 2.45) is 0 Å². The number of aryl methyl sites for hydroxylation is 1. The predicted octanol–water partition coefficient (Wildman–Crippen LogP) is 4.34. The van der Waals surface area contributed by atoms with Crippen LogP contribution in [0.15, 0.2) is 53.9 Å². The summed E-state index contributed by atoms with van der Waals surface area (Å²) < 4.78 is 6.90. The van der Waals surface area contributed by atoms with E-state index in [0.717, 1.165) is 17.7 Å². The highest BCUT2D eigenvalue weighted by molar-refractivity contribution is 7.17. The number of carbonyl (C=O) groups excluding carboxylic acids is 1. The van der Waals surface area contributed by atoms with Crippen LogP contribution in [-0.2, 0) is 11.2 Å². The highest BCUT2D eigenvalue weighted by atomic mass is 32.1. The van der Waals surface area contributed by atoms with E-state index in [-0.39, 0.29) is 5.91 Å². The quantitative estimate of drug-likeness (QED) is 0.695. The Morgan fingerprint density at radius 2 is 2.04 bits per heavy atom. The molecule has 1 heterocycles. The molecule has 0 bridgehead atoms. The molecule has 0 fully saturated rings. The number of benzene rings is 2. The van der Waals surface area contributed by atoms with E-state index in [1.165, 1.54) is 15.6 Å². The van der Waals surface area contributed by atoms with Gasteiger partial charge in [0.2, 0.25) is 5.91 Å². The van der Waals surface area contributed by atoms with Gasteiger partial charge in [0.1, 0.15) is 5.75 Å². The molecule has 0 aliphatic carbocycles. The fourth-order valence-electron chi connectivity index (χ4n) is 2.62. The van der Waals surface area contributed by atoms with Crippen molar-refractivity contribution in [3.05, 3.63) is 65.0 Å². The third kappa shape index (κ3) is 4.36. The van der Waals surface area contributed by atoms with Crippen LogP contribution in [0.25, 0.3) is 10.1 Å². The molecule has 1 amide bonds. The molecule has 3 aromatic rings. The van der Waals surface area contributed by atoms with Crippen molar-refractivity contribution in [2.45, 2.75) is 19.8 Å².